The van der Waals surface area contributed by atoms with Gasteiger partial charge in [-0.2, -0.15) is 0 Å². The second-order valence-corrected chi connectivity index (χ2v) is 5.79. The smallest absolute Gasteiger partial charge is 0.220 e. The average molecular weight is 292 g/mol. The van der Waals surface area contributed by atoms with Crippen LogP contribution in [0.3, 0.4) is 0 Å². The molecular weight excluding hydrogens is 268 g/mol. The number of hydrogen-bond donors (Lipinski definition) is 2. The summed E-state index contributed by atoms with van der Waals surface area (Å²) in [6, 6.07) is 1.88. The molecule has 1 aliphatic carbocycles. The molecule has 1 aromatic heterocycles. The van der Waals surface area contributed by atoms with Crippen molar-refractivity contribution in [2.24, 2.45) is 0 Å². The summed E-state index contributed by atoms with van der Waals surface area (Å²) in [6.07, 6.45) is 9.23. The van der Waals surface area contributed by atoms with Gasteiger partial charge in [0.05, 0.1) is 18.9 Å². The fourth-order valence-corrected chi connectivity index (χ4v) is 2.71. The number of ether oxygens (including phenoxy) is 1. The van der Waals surface area contributed by atoms with Crippen LogP contribution in [0.2, 0.25) is 0 Å². The molecule has 2 N–H and O–H groups in total. The number of carbonyl (C=O) groups excluding carboxylic acids is 1. The highest BCUT2D eigenvalue weighted by atomic mass is 16.5. The van der Waals surface area contributed by atoms with E-state index in [1.807, 2.05) is 6.07 Å². The van der Waals surface area contributed by atoms with E-state index in [1.165, 1.54) is 6.42 Å². The SMILES string of the molecule is COc1cncc(CCC(=O)NCC2(O)CCCCC2)c1. The fraction of sp³-hybridized carbons (Fsp3) is 0.625. The van der Waals surface area contributed by atoms with E-state index in [-0.39, 0.29) is 5.91 Å². The molecular formula is C16H24N2O3. The van der Waals surface area contributed by atoms with Gasteiger partial charge in [-0.3, -0.25) is 9.78 Å². The van der Waals surface area contributed by atoms with Crippen LogP contribution < -0.4 is 10.1 Å². The highest BCUT2D eigenvalue weighted by molar-refractivity contribution is 5.76. The summed E-state index contributed by atoms with van der Waals surface area (Å²) in [6.45, 7) is 0.363. The molecule has 1 heterocycles. The van der Waals surface area contributed by atoms with Crippen molar-refractivity contribution in [2.45, 2.75) is 50.5 Å². The summed E-state index contributed by atoms with van der Waals surface area (Å²) in [5, 5.41) is 13.2. The minimum Gasteiger partial charge on any atom is -0.495 e. The fourth-order valence-electron chi connectivity index (χ4n) is 2.71. The molecule has 0 aromatic carbocycles. The summed E-state index contributed by atoms with van der Waals surface area (Å²) >= 11 is 0. The van der Waals surface area contributed by atoms with Gasteiger partial charge < -0.3 is 15.2 Å². The number of methoxy groups -OCH3 is 1. The Bertz CT molecular complexity index is 470. The second-order valence-electron chi connectivity index (χ2n) is 5.79. The second kappa shape index (κ2) is 7.41. The number of amides is 1. The highest BCUT2D eigenvalue weighted by Gasteiger charge is 2.29. The number of nitrogens with one attached hydrogen (secondary N) is 1. The molecule has 1 amide bonds. The Morgan fingerprint density at radius 1 is 1.38 bits per heavy atom. The first-order valence-electron chi connectivity index (χ1n) is 7.58. The molecule has 0 bridgehead atoms. The Balaban J connectivity index is 1.74. The van der Waals surface area contributed by atoms with E-state index in [4.69, 9.17) is 4.74 Å². The van der Waals surface area contributed by atoms with Crippen molar-refractivity contribution in [2.75, 3.05) is 13.7 Å². The predicted molar refractivity (Wildman–Crippen MR) is 80.2 cm³/mol. The average Bonchev–Trinajstić information content (AvgIpc) is 2.52. The third-order valence-electron chi connectivity index (χ3n) is 4.05. The van der Waals surface area contributed by atoms with Gasteiger partial charge in [-0.1, -0.05) is 19.3 Å². The molecule has 0 radical (unpaired) electrons. The van der Waals surface area contributed by atoms with E-state index in [0.717, 1.165) is 31.2 Å². The van der Waals surface area contributed by atoms with Crippen molar-refractivity contribution in [1.29, 1.82) is 0 Å². The number of aromatic nitrogens is 1. The lowest BCUT2D eigenvalue weighted by Crippen LogP contribution is -2.44. The molecule has 0 spiro atoms. The van der Waals surface area contributed by atoms with Crippen LogP contribution in [0.4, 0.5) is 0 Å². The van der Waals surface area contributed by atoms with E-state index in [2.05, 4.69) is 10.3 Å². The standard InChI is InChI=1S/C16H24N2O3/c1-21-14-9-13(10-17-11-14)5-6-15(19)18-12-16(20)7-3-2-4-8-16/h9-11,20H,2-8,12H2,1H3,(H,18,19). The minimum atomic E-state index is -0.703. The van der Waals surface area contributed by atoms with E-state index < -0.39 is 5.60 Å². The third-order valence-corrected chi connectivity index (χ3v) is 4.05. The summed E-state index contributed by atoms with van der Waals surface area (Å²) in [4.78, 5) is 15.9. The first-order valence-corrected chi connectivity index (χ1v) is 7.58. The van der Waals surface area contributed by atoms with Crippen molar-refractivity contribution >= 4 is 5.91 Å². The third kappa shape index (κ3) is 5.01. The number of aryl methyl sites for hydroxylation is 1. The lowest BCUT2D eigenvalue weighted by molar-refractivity contribution is -0.122. The number of nitrogens with zero attached hydrogens (tertiary/aromatic N) is 1. The molecule has 5 nitrogen and oxygen atoms in total. The first kappa shape index (κ1) is 15.8. The van der Waals surface area contributed by atoms with Crippen LogP contribution >= 0.6 is 0 Å². The van der Waals surface area contributed by atoms with E-state index in [0.29, 0.717) is 25.1 Å². The zero-order valence-electron chi connectivity index (χ0n) is 12.6. The highest BCUT2D eigenvalue weighted by Crippen LogP contribution is 2.27. The van der Waals surface area contributed by atoms with E-state index in [1.54, 1.807) is 19.5 Å². The van der Waals surface area contributed by atoms with Gasteiger partial charge in [0.15, 0.2) is 0 Å². The molecule has 0 saturated heterocycles. The van der Waals surface area contributed by atoms with Gasteiger partial charge in [-0.05, 0) is 30.9 Å². The van der Waals surface area contributed by atoms with Crippen molar-refractivity contribution in [3.8, 4) is 5.75 Å². The van der Waals surface area contributed by atoms with Gasteiger partial charge in [0.1, 0.15) is 5.75 Å². The molecule has 1 aromatic rings. The summed E-state index contributed by atoms with van der Waals surface area (Å²) in [7, 11) is 1.60. The van der Waals surface area contributed by atoms with Crippen LogP contribution in [0, 0.1) is 0 Å². The maximum absolute atomic E-state index is 11.9. The van der Waals surface area contributed by atoms with Crippen molar-refractivity contribution in [3.63, 3.8) is 0 Å². The minimum absolute atomic E-state index is 0.0307. The Kier molecular flexibility index (Phi) is 5.56. The molecule has 5 heteroatoms. The van der Waals surface area contributed by atoms with E-state index in [9.17, 15) is 9.90 Å². The molecule has 21 heavy (non-hydrogen) atoms. The maximum Gasteiger partial charge on any atom is 0.220 e. The summed E-state index contributed by atoms with van der Waals surface area (Å²) < 4.78 is 5.11. The van der Waals surface area contributed by atoms with E-state index >= 15 is 0 Å². The number of aliphatic hydroxyl groups is 1. The zero-order valence-corrected chi connectivity index (χ0v) is 12.6. The summed E-state index contributed by atoms with van der Waals surface area (Å²) in [5.41, 5.74) is 0.270. The monoisotopic (exact) mass is 292 g/mol. The number of hydrogen-bond acceptors (Lipinski definition) is 4. The van der Waals surface area contributed by atoms with Gasteiger partial charge >= 0.3 is 0 Å². The topological polar surface area (TPSA) is 71.5 Å². The normalized spacial score (nSPS) is 17.2. The lowest BCUT2D eigenvalue weighted by Gasteiger charge is -2.32. The number of carbonyl (C=O) groups is 1. The van der Waals surface area contributed by atoms with Crippen molar-refractivity contribution in [1.82, 2.24) is 10.3 Å². The molecule has 1 saturated carbocycles. The summed E-state index contributed by atoms with van der Waals surface area (Å²) in [5.74, 6) is 0.668. The first-order chi connectivity index (χ1) is 10.1. The Morgan fingerprint density at radius 2 is 2.14 bits per heavy atom. The quantitative estimate of drug-likeness (QED) is 0.839. The lowest BCUT2D eigenvalue weighted by atomic mass is 9.85. The zero-order chi connectivity index (χ0) is 15.1. The molecule has 1 fully saturated rings. The van der Waals surface area contributed by atoms with Gasteiger partial charge in [0.2, 0.25) is 5.91 Å². The van der Waals surface area contributed by atoms with Crippen molar-refractivity contribution < 1.29 is 14.6 Å². The Labute approximate surface area is 125 Å². The van der Waals surface area contributed by atoms with Crippen molar-refractivity contribution in [3.05, 3.63) is 24.0 Å². The van der Waals surface area contributed by atoms with Crippen LogP contribution in [-0.4, -0.2) is 35.3 Å². The predicted octanol–water partition coefficient (Wildman–Crippen LogP) is 1.83. The Hall–Kier alpha value is -1.62. The molecule has 0 unspecified atom stereocenters. The molecule has 2 rings (SSSR count). The van der Waals surface area contributed by atoms with Gasteiger partial charge in [-0.15, -0.1) is 0 Å². The number of pyridine rings is 1. The molecule has 116 valence electrons. The maximum atomic E-state index is 11.9. The van der Waals surface area contributed by atoms with Crippen LogP contribution in [0.25, 0.3) is 0 Å². The van der Waals surface area contributed by atoms with Gasteiger partial charge in [-0.25, -0.2) is 0 Å². The van der Waals surface area contributed by atoms with Gasteiger partial charge in [0.25, 0.3) is 0 Å². The molecule has 1 aliphatic rings. The van der Waals surface area contributed by atoms with Gasteiger partial charge in [0, 0.05) is 19.2 Å². The van der Waals surface area contributed by atoms with Crippen LogP contribution in [0.1, 0.15) is 44.1 Å². The van der Waals surface area contributed by atoms with Crippen LogP contribution in [0.15, 0.2) is 18.5 Å². The largest absolute Gasteiger partial charge is 0.495 e. The Morgan fingerprint density at radius 3 is 2.86 bits per heavy atom. The number of rotatable bonds is 6. The molecule has 0 atom stereocenters. The van der Waals surface area contributed by atoms with Crippen LogP contribution in [-0.2, 0) is 11.2 Å². The molecule has 0 aliphatic heterocycles. The van der Waals surface area contributed by atoms with Crippen LogP contribution in [0.5, 0.6) is 5.75 Å².